The van der Waals surface area contributed by atoms with Crippen LogP contribution < -0.4 is 0 Å². The quantitative estimate of drug-likeness (QED) is 0.208. The molecule has 0 unspecified atom stereocenters. The van der Waals surface area contributed by atoms with Crippen molar-refractivity contribution in [3.05, 3.63) is 127 Å². The van der Waals surface area contributed by atoms with Crippen LogP contribution in [0.15, 0.2) is 122 Å². The molecule has 0 aliphatic heterocycles. The van der Waals surface area contributed by atoms with E-state index in [2.05, 4.69) is 54.4 Å². The molecule has 196 valence electrons. The Bertz CT molecular complexity index is 1910. The van der Waals surface area contributed by atoms with Crippen molar-refractivity contribution < 1.29 is 0 Å². The number of benzene rings is 4. The minimum absolute atomic E-state index is 0.622. The standard InChI is InChI=1S/C35H25N5S/c1-2-32-37-30-21-25(16-18-31(30)41-32)28-17-15-26(20-29(28)27-14-9-19-36-22-27)35-39-33(23-10-5-3-6-11-23)38-34(40-35)24-12-7-4-8-13-24/h3-22H,2H2,1H3. The van der Waals surface area contributed by atoms with Crippen LogP contribution in [0.4, 0.5) is 0 Å². The SMILES string of the molecule is CCc1nc2cc(-c3ccc(-c4nc(-c5ccccc5)nc(-c5ccccc5)n4)cc3-c3cccnc3)ccc2s1. The normalized spacial score (nSPS) is 11.1. The Kier molecular flexibility index (Phi) is 6.59. The molecule has 41 heavy (non-hydrogen) atoms. The topological polar surface area (TPSA) is 64.5 Å². The summed E-state index contributed by atoms with van der Waals surface area (Å²) >= 11 is 1.76. The van der Waals surface area contributed by atoms with E-state index in [1.807, 2.05) is 72.9 Å². The van der Waals surface area contributed by atoms with Crippen molar-refractivity contribution in [2.24, 2.45) is 0 Å². The van der Waals surface area contributed by atoms with Gasteiger partial charge >= 0.3 is 0 Å². The maximum atomic E-state index is 4.94. The Hall–Kier alpha value is -5.07. The van der Waals surface area contributed by atoms with Gasteiger partial charge in [-0.05, 0) is 47.4 Å². The molecule has 3 heterocycles. The fraction of sp³-hybridized carbons (Fsp3) is 0.0571. The van der Waals surface area contributed by atoms with Gasteiger partial charge in [-0.25, -0.2) is 19.9 Å². The summed E-state index contributed by atoms with van der Waals surface area (Å²) in [5.74, 6) is 1.90. The molecular weight excluding hydrogens is 522 g/mol. The predicted molar refractivity (Wildman–Crippen MR) is 167 cm³/mol. The van der Waals surface area contributed by atoms with Crippen molar-refractivity contribution in [1.82, 2.24) is 24.9 Å². The molecule has 0 atom stereocenters. The van der Waals surface area contributed by atoms with Crippen molar-refractivity contribution >= 4 is 21.6 Å². The van der Waals surface area contributed by atoms with Gasteiger partial charge in [0.25, 0.3) is 0 Å². The third-order valence-electron chi connectivity index (χ3n) is 7.00. The smallest absolute Gasteiger partial charge is 0.164 e. The van der Waals surface area contributed by atoms with Crippen molar-refractivity contribution in [2.75, 3.05) is 0 Å². The number of hydrogen-bond donors (Lipinski definition) is 0. The monoisotopic (exact) mass is 547 g/mol. The van der Waals surface area contributed by atoms with Gasteiger partial charge < -0.3 is 0 Å². The molecule has 5 nitrogen and oxygen atoms in total. The number of pyridine rings is 1. The minimum Gasteiger partial charge on any atom is -0.264 e. The number of thiazole rings is 1. The minimum atomic E-state index is 0.622. The van der Waals surface area contributed by atoms with Gasteiger partial charge in [0.15, 0.2) is 17.5 Å². The number of rotatable bonds is 6. The zero-order valence-corrected chi connectivity index (χ0v) is 23.2. The fourth-order valence-corrected chi connectivity index (χ4v) is 5.81. The zero-order valence-electron chi connectivity index (χ0n) is 22.4. The summed E-state index contributed by atoms with van der Waals surface area (Å²) in [7, 11) is 0. The van der Waals surface area contributed by atoms with E-state index in [0.717, 1.165) is 55.9 Å². The van der Waals surface area contributed by atoms with Gasteiger partial charge in [-0.2, -0.15) is 0 Å². The number of hydrogen-bond acceptors (Lipinski definition) is 6. The lowest BCUT2D eigenvalue weighted by molar-refractivity contribution is 1.07. The predicted octanol–water partition coefficient (Wildman–Crippen LogP) is 8.77. The molecule has 0 bridgehead atoms. The first-order valence-corrected chi connectivity index (χ1v) is 14.4. The molecule has 0 N–H and O–H groups in total. The highest BCUT2D eigenvalue weighted by Crippen LogP contribution is 2.37. The summed E-state index contributed by atoms with van der Waals surface area (Å²) in [4.78, 5) is 24.0. The van der Waals surface area contributed by atoms with Crippen LogP contribution in [0.25, 0.3) is 66.6 Å². The Labute approximate surface area is 242 Å². The van der Waals surface area contributed by atoms with Gasteiger partial charge in [0.2, 0.25) is 0 Å². The maximum Gasteiger partial charge on any atom is 0.164 e. The second-order valence-corrected chi connectivity index (χ2v) is 10.8. The molecule has 0 spiro atoms. The van der Waals surface area contributed by atoms with Gasteiger partial charge in [-0.3, -0.25) is 4.98 Å². The van der Waals surface area contributed by atoms with Gasteiger partial charge in [-0.1, -0.05) is 91.9 Å². The van der Waals surface area contributed by atoms with E-state index in [0.29, 0.717) is 17.5 Å². The number of fused-ring (bicyclic) bond motifs is 1. The van der Waals surface area contributed by atoms with Gasteiger partial charge in [0.05, 0.1) is 15.2 Å². The highest BCUT2D eigenvalue weighted by molar-refractivity contribution is 7.18. The molecule has 0 saturated carbocycles. The van der Waals surface area contributed by atoms with Crippen LogP contribution in [0.1, 0.15) is 11.9 Å². The van der Waals surface area contributed by atoms with E-state index in [1.54, 1.807) is 17.5 Å². The third-order valence-corrected chi connectivity index (χ3v) is 8.18. The Morgan fingerprint density at radius 3 is 1.80 bits per heavy atom. The lowest BCUT2D eigenvalue weighted by Crippen LogP contribution is -2.00. The molecule has 0 aliphatic carbocycles. The largest absolute Gasteiger partial charge is 0.264 e. The van der Waals surface area contributed by atoms with Gasteiger partial charge in [0.1, 0.15) is 0 Å². The highest BCUT2D eigenvalue weighted by atomic mass is 32.1. The van der Waals surface area contributed by atoms with Crippen LogP contribution in [-0.4, -0.2) is 24.9 Å². The van der Waals surface area contributed by atoms with E-state index in [4.69, 9.17) is 19.9 Å². The molecule has 0 radical (unpaired) electrons. The summed E-state index contributed by atoms with van der Waals surface area (Å²) in [6.07, 6.45) is 4.63. The Morgan fingerprint density at radius 2 is 1.17 bits per heavy atom. The van der Waals surface area contributed by atoms with Crippen molar-refractivity contribution in [3.63, 3.8) is 0 Å². The van der Waals surface area contributed by atoms with E-state index in [1.165, 1.54) is 4.70 Å². The van der Waals surface area contributed by atoms with Crippen molar-refractivity contribution in [1.29, 1.82) is 0 Å². The molecule has 3 aromatic heterocycles. The van der Waals surface area contributed by atoms with Crippen molar-refractivity contribution in [3.8, 4) is 56.4 Å². The zero-order chi connectivity index (χ0) is 27.6. The molecule has 7 rings (SSSR count). The first kappa shape index (κ1) is 24.9. The average molecular weight is 548 g/mol. The third kappa shape index (κ3) is 5.01. The molecule has 0 amide bonds. The second-order valence-electron chi connectivity index (χ2n) is 9.68. The Morgan fingerprint density at radius 1 is 0.537 bits per heavy atom. The Balaban J connectivity index is 1.41. The lowest BCUT2D eigenvalue weighted by atomic mass is 9.93. The van der Waals surface area contributed by atoms with Crippen LogP contribution in [0.5, 0.6) is 0 Å². The first-order valence-electron chi connectivity index (χ1n) is 13.6. The fourth-order valence-electron chi connectivity index (χ4n) is 4.93. The number of nitrogens with zero attached hydrogens (tertiary/aromatic N) is 5. The van der Waals surface area contributed by atoms with Crippen LogP contribution in [0, 0.1) is 0 Å². The van der Waals surface area contributed by atoms with Crippen LogP contribution >= 0.6 is 11.3 Å². The number of aryl methyl sites for hydroxylation is 1. The van der Waals surface area contributed by atoms with E-state index in [9.17, 15) is 0 Å². The van der Waals surface area contributed by atoms with Gasteiger partial charge in [-0.15, -0.1) is 11.3 Å². The van der Waals surface area contributed by atoms with Crippen molar-refractivity contribution in [2.45, 2.75) is 13.3 Å². The molecule has 6 heteroatoms. The molecular formula is C35H25N5S. The summed E-state index contributed by atoms with van der Waals surface area (Å²) < 4.78 is 1.21. The summed E-state index contributed by atoms with van der Waals surface area (Å²) in [6, 6.07) is 37.1. The summed E-state index contributed by atoms with van der Waals surface area (Å²) in [5.41, 5.74) is 8.13. The lowest BCUT2D eigenvalue weighted by Gasteiger charge is -2.13. The van der Waals surface area contributed by atoms with Gasteiger partial charge in [0, 0.05) is 34.6 Å². The highest BCUT2D eigenvalue weighted by Gasteiger charge is 2.16. The van der Waals surface area contributed by atoms with Crippen LogP contribution in [0.3, 0.4) is 0 Å². The molecule has 7 aromatic rings. The van der Waals surface area contributed by atoms with Crippen LogP contribution in [0.2, 0.25) is 0 Å². The summed E-state index contributed by atoms with van der Waals surface area (Å²) in [6.45, 7) is 2.14. The molecule has 0 aliphatic rings. The van der Waals surface area contributed by atoms with E-state index in [-0.39, 0.29) is 0 Å². The number of aromatic nitrogens is 5. The molecule has 0 saturated heterocycles. The summed E-state index contributed by atoms with van der Waals surface area (Å²) in [5, 5.41) is 1.15. The molecule has 0 fully saturated rings. The first-order chi connectivity index (χ1) is 20.2. The van der Waals surface area contributed by atoms with E-state index >= 15 is 0 Å². The second kappa shape index (κ2) is 10.8. The van der Waals surface area contributed by atoms with Crippen LogP contribution in [-0.2, 0) is 6.42 Å². The molecule has 4 aromatic carbocycles. The van der Waals surface area contributed by atoms with E-state index < -0.39 is 0 Å². The maximum absolute atomic E-state index is 4.94. The average Bonchev–Trinajstić information content (AvgIpc) is 3.48.